The van der Waals surface area contributed by atoms with Crippen LogP contribution in [0.5, 0.6) is 0 Å². The highest BCUT2D eigenvalue weighted by molar-refractivity contribution is 6.07. The Bertz CT molecular complexity index is 691. The Morgan fingerprint density at radius 2 is 2.00 bits per heavy atom. The van der Waals surface area contributed by atoms with E-state index in [1.807, 2.05) is 25.1 Å². The molecule has 5 heteroatoms. The number of hydrogen-bond donors (Lipinski definition) is 1. The molecular formula is C16H16N2O3. The number of carbonyl (C=O) groups excluding carboxylic acids is 3. The number of carbonyl (C=O) groups is 3. The van der Waals surface area contributed by atoms with Gasteiger partial charge in [0.05, 0.1) is 5.41 Å². The van der Waals surface area contributed by atoms with E-state index in [0.29, 0.717) is 18.5 Å². The lowest BCUT2D eigenvalue weighted by Crippen LogP contribution is -2.56. The SMILES string of the molecule is Cc1ccc2c(c1)CN(C1CC3(CC3)C(=O)NC1=O)C2=O. The summed E-state index contributed by atoms with van der Waals surface area (Å²) in [6.07, 6.45) is 2.10. The van der Waals surface area contributed by atoms with Gasteiger partial charge in [-0.25, -0.2) is 0 Å². The average molecular weight is 284 g/mol. The molecule has 2 aliphatic heterocycles. The van der Waals surface area contributed by atoms with E-state index in [-0.39, 0.29) is 17.7 Å². The van der Waals surface area contributed by atoms with Crippen molar-refractivity contribution >= 4 is 17.7 Å². The molecule has 3 aliphatic rings. The lowest BCUT2D eigenvalue weighted by atomic mass is 9.90. The summed E-state index contributed by atoms with van der Waals surface area (Å²) in [6.45, 7) is 2.44. The van der Waals surface area contributed by atoms with Gasteiger partial charge in [-0.15, -0.1) is 0 Å². The molecule has 4 rings (SSSR count). The smallest absolute Gasteiger partial charge is 0.255 e. The summed E-state index contributed by atoms with van der Waals surface area (Å²) < 4.78 is 0. The molecule has 2 heterocycles. The molecule has 2 fully saturated rings. The van der Waals surface area contributed by atoms with Crippen molar-refractivity contribution < 1.29 is 14.4 Å². The third kappa shape index (κ3) is 1.73. The predicted octanol–water partition coefficient (Wildman–Crippen LogP) is 1.15. The molecule has 1 N–H and O–H groups in total. The number of hydrogen-bond acceptors (Lipinski definition) is 3. The number of nitrogens with one attached hydrogen (secondary N) is 1. The van der Waals surface area contributed by atoms with E-state index in [1.165, 1.54) is 0 Å². The van der Waals surface area contributed by atoms with E-state index in [4.69, 9.17) is 0 Å². The van der Waals surface area contributed by atoms with Crippen molar-refractivity contribution in [3.8, 4) is 0 Å². The van der Waals surface area contributed by atoms with Gasteiger partial charge in [-0.05, 0) is 37.8 Å². The first-order valence-electron chi connectivity index (χ1n) is 7.26. The highest BCUT2D eigenvalue weighted by atomic mass is 16.2. The summed E-state index contributed by atoms with van der Waals surface area (Å²) >= 11 is 0. The molecule has 1 atom stereocenters. The number of piperidine rings is 1. The molecule has 1 unspecified atom stereocenters. The molecule has 1 spiro atoms. The Kier molecular flexibility index (Phi) is 2.35. The molecule has 1 aliphatic carbocycles. The van der Waals surface area contributed by atoms with Crippen molar-refractivity contribution in [3.63, 3.8) is 0 Å². The standard InChI is InChI=1S/C16H16N2O3/c1-9-2-3-11-10(6-9)8-18(14(11)20)12-7-16(4-5-16)15(21)17-13(12)19/h2-3,6,12H,4-5,7-8H2,1H3,(H,17,19,21). The van der Waals surface area contributed by atoms with Gasteiger partial charge >= 0.3 is 0 Å². The summed E-state index contributed by atoms with van der Waals surface area (Å²) in [6, 6.07) is 5.20. The van der Waals surface area contributed by atoms with Crippen molar-refractivity contribution in [3.05, 3.63) is 34.9 Å². The average Bonchev–Trinajstić information content (AvgIpc) is 3.15. The number of rotatable bonds is 1. The minimum Gasteiger partial charge on any atom is -0.322 e. The van der Waals surface area contributed by atoms with Crippen molar-refractivity contribution in [2.45, 2.75) is 38.8 Å². The van der Waals surface area contributed by atoms with Crippen molar-refractivity contribution in [1.82, 2.24) is 10.2 Å². The molecule has 5 nitrogen and oxygen atoms in total. The lowest BCUT2D eigenvalue weighted by molar-refractivity contribution is -0.141. The second-order valence-corrected chi connectivity index (χ2v) is 6.41. The summed E-state index contributed by atoms with van der Waals surface area (Å²) in [5, 5.41) is 2.45. The minimum atomic E-state index is -0.523. The number of amides is 3. The minimum absolute atomic E-state index is 0.102. The quantitative estimate of drug-likeness (QED) is 0.787. The molecule has 1 aromatic rings. The first-order valence-corrected chi connectivity index (χ1v) is 7.26. The second kappa shape index (κ2) is 3.93. The van der Waals surface area contributed by atoms with Crippen LogP contribution in [0.4, 0.5) is 0 Å². The van der Waals surface area contributed by atoms with Gasteiger partial charge < -0.3 is 4.90 Å². The molecule has 0 aromatic heterocycles. The summed E-state index contributed by atoms with van der Waals surface area (Å²) in [5.74, 6) is -0.602. The van der Waals surface area contributed by atoms with Crippen LogP contribution < -0.4 is 5.32 Å². The zero-order chi connectivity index (χ0) is 14.8. The fourth-order valence-corrected chi connectivity index (χ4v) is 3.44. The van der Waals surface area contributed by atoms with E-state index in [2.05, 4.69) is 5.32 Å². The fourth-order valence-electron chi connectivity index (χ4n) is 3.44. The van der Waals surface area contributed by atoms with Gasteiger partial charge in [-0.2, -0.15) is 0 Å². The van der Waals surface area contributed by atoms with Crippen LogP contribution in [0.15, 0.2) is 18.2 Å². The summed E-state index contributed by atoms with van der Waals surface area (Å²) in [4.78, 5) is 38.1. The Balaban J connectivity index is 1.65. The molecule has 1 aromatic carbocycles. The number of aryl methyl sites for hydroxylation is 1. The maximum absolute atomic E-state index is 12.5. The van der Waals surface area contributed by atoms with Crippen LogP contribution >= 0.6 is 0 Å². The normalized spacial score (nSPS) is 26.0. The largest absolute Gasteiger partial charge is 0.322 e. The first-order chi connectivity index (χ1) is 10.00. The van der Waals surface area contributed by atoms with Gasteiger partial charge in [0.15, 0.2) is 0 Å². The van der Waals surface area contributed by atoms with Gasteiger partial charge in [0, 0.05) is 12.1 Å². The van der Waals surface area contributed by atoms with Crippen LogP contribution in [-0.2, 0) is 16.1 Å². The molecule has 21 heavy (non-hydrogen) atoms. The Hall–Kier alpha value is -2.17. The third-order valence-electron chi connectivity index (χ3n) is 4.93. The molecule has 0 bridgehead atoms. The molecule has 1 saturated heterocycles. The molecule has 0 radical (unpaired) electrons. The van der Waals surface area contributed by atoms with E-state index in [0.717, 1.165) is 24.0 Å². The highest BCUT2D eigenvalue weighted by Gasteiger charge is 2.57. The van der Waals surface area contributed by atoms with Crippen LogP contribution in [0.2, 0.25) is 0 Å². The Morgan fingerprint density at radius 3 is 2.71 bits per heavy atom. The number of nitrogens with zero attached hydrogens (tertiary/aromatic N) is 1. The summed E-state index contributed by atoms with van der Waals surface area (Å²) in [5.41, 5.74) is 2.35. The molecule has 108 valence electrons. The van der Waals surface area contributed by atoms with Crippen LogP contribution in [0.3, 0.4) is 0 Å². The van der Waals surface area contributed by atoms with Crippen molar-refractivity contribution in [2.24, 2.45) is 5.41 Å². The number of fused-ring (bicyclic) bond motifs is 1. The Labute approximate surface area is 122 Å². The maximum atomic E-state index is 12.5. The summed E-state index contributed by atoms with van der Waals surface area (Å²) in [7, 11) is 0. The van der Waals surface area contributed by atoms with Gasteiger partial charge in [0.1, 0.15) is 6.04 Å². The molecule has 1 saturated carbocycles. The monoisotopic (exact) mass is 284 g/mol. The predicted molar refractivity (Wildman–Crippen MR) is 74.3 cm³/mol. The van der Waals surface area contributed by atoms with Crippen LogP contribution in [0, 0.1) is 12.3 Å². The Morgan fingerprint density at radius 1 is 1.24 bits per heavy atom. The second-order valence-electron chi connectivity index (χ2n) is 6.41. The van der Waals surface area contributed by atoms with Crippen LogP contribution in [-0.4, -0.2) is 28.7 Å². The van der Waals surface area contributed by atoms with Gasteiger partial charge in [-0.3, -0.25) is 19.7 Å². The van der Waals surface area contributed by atoms with Crippen LogP contribution in [0.25, 0.3) is 0 Å². The van der Waals surface area contributed by atoms with Gasteiger partial charge in [-0.1, -0.05) is 17.7 Å². The van der Waals surface area contributed by atoms with E-state index >= 15 is 0 Å². The number of imide groups is 1. The third-order valence-corrected chi connectivity index (χ3v) is 4.93. The zero-order valence-electron chi connectivity index (χ0n) is 11.8. The van der Waals surface area contributed by atoms with Crippen molar-refractivity contribution in [1.29, 1.82) is 0 Å². The molecular weight excluding hydrogens is 268 g/mol. The van der Waals surface area contributed by atoms with E-state index in [1.54, 1.807) is 4.90 Å². The lowest BCUT2D eigenvalue weighted by Gasteiger charge is -2.33. The highest BCUT2D eigenvalue weighted by Crippen LogP contribution is 2.52. The fraction of sp³-hybridized carbons (Fsp3) is 0.438. The van der Waals surface area contributed by atoms with Crippen LogP contribution in [0.1, 0.15) is 40.7 Å². The topological polar surface area (TPSA) is 66.5 Å². The van der Waals surface area contributed by atoms with Crippen molar-refractivity contribution in [2.75, 3.05) is 0 Å². The van der Waals surface area contributed by atoms with E-state index < -0.39 is 11.5 Å². The number of benzene rings is 1. The first kappa shape index (κ1) is 12.6. The van der Waals surface area contributed by atoms with Gasteiger partial charge in [0.25, 0.3) is 5.91 Å². The van der Waals surface area contributed by atoms with Gasteiger partial charge in [0.2, 0.25) is 11.8 Å². The maximum Gasteiger partial charge on any atom is 0.255 e. The molecule has 3 amide bonds. The zero-order valence-corrected chi connectivity index (χ0v) is 11.8. The van der Waals surface area contributed by atoms with E-state index in [9.17, 15) is 14.4 Å².